The van der Waals surface area contributed by atoms with Crippen LogP contribution in [0.2, 0.25) is 0 Å². The molecule has 0 atom stereocenters. The molecule has 4 rings (SSSR count). The Bertz CT molecular complexity index is 922. The van der Waals surface area contributed by atoms with Crippen LogP contribution in [0.25, 0.3) is 0 Å². The SMILES string of the molecule is O=C(Nc1nc2c(s1)CN(C(=O)Cn1cccn1)CC2)c1ccccn1. The van der Waals surface area contributed by atoms with E-state index >= 15 is 0 Å². The minimum absolute atomic E-state index is 0.0202. The predicted octanol–water partition coefficient (Wildman–Crippen LogP) is 1.57. The van der Waals surface area contributed by atoms with Crippen molar-refractivity contribution < 1.29 is 9.59 Å². The number of hydrogen-bond acceptors (Lipinski definition) is 6. The van der Waals surface area contributed by atoms with Crippen LogP contribution in [0.5, 0.6) is 0 Å². The molecule has 9 heteroatoms. The van der Waals surface area contributed by atoms with E-state index in [1.165, 1.54) is 11.3 Å². The number of carbonyl (C=O) groups is 2. The highest BCUT2D eigenvalue weighted by atomic mass is 32.1. The summed E-state index contributed by atoms with van der Waals surface area (Å²) in [4.78, 5) is 35.9. The molecule has 4 heterocycles. The van der Waals surface area contributed by atoms with Gasteiger partial charge in [0, 0.05) is 36.4 Å². The molecule has 0 aromatic carbocycles. The van der Waals surface area contributed by atoms with Crippen LogP contribution in [0, 0.1) is 0 Å². The van der Waals surface area contributed by atoms with E-state index in [0.29, 0.717) is 30.3 Å². The molecule has 1 aliphatic rings. The number of aromatic nitrogens is 4. The molecule has 8 nitrogen and oxygen atoms in total. The van der Waals surface area contributed by atoms with Crippen LogP contribution in [0.4, 0.5) is 5.13 Å². The van der Waals surface area contributed by atoms with Crippen molar-refractivity contribution in [1.29, 1.82) is 0 Å². The number of amides is 2. The van der Waals surface area contributed by atoms with Gasteiger partial charge in [-0.1, -0.05) is 17.4 Å². The van der Waals surface area contributed by atoms with E-state index < -0.39 is 0 Å². The molecular weight excluding hydrogens is 352 g/mol. The zero-order valence-electron chi connectivity index (χ0n) is 13.8. The third-order valence-corrected chi connectivity index (χ3v) is 5.06. The molecule has 132 valence electrons. The topological polar surface area (TPSA) is 93.0 Å². The molecular formula is C17H16N6O2S. The number of nitrogens with one attached hydrogen (secondary N) is 1. The van der Waals surface area contributed by atoms with Gasteiger partial charge in [0.1, 0.15) is 12.2 Å². The number of nitrogens with zero attached hydrogens (tertiary/aromatic N) is 5. The molecule has 26 heavy (non-hydrogen) atoms. The molecule has 0 aliphatic carbocycles. The van der Waals surface area contributed by atoms with E-state index in [1.54, 1.807) is 52.4 Å². The van der Waals surface area contributed by atoms with Gasteiger partial charge < -0.3 is 4.90 Å². The Kier molecular flexibility index (Phi) is 4.44. The first-order chi connectivity index (χ1) is 12.7. The number of rotatable bonds is 4. The monoisotopic (exact) mass is 368 g/mol. The van der Waals surface area contributed by atoms with Crippen LogP contribution in [0.15, 0.2) is 42.9 Å². The minimum Gasteiger partial charge on any atom is -0.335 e. The standard InChI is InChI=1S/C17H16N6O2S/c24-15(11-23-8-3-7-19-23)22-9-5-12-14(10-22)26-17(20-12)21-16(25)13-4-1-2-6-18-13/h1-4,6-8H,5,9-11H2,(H,20,21,25). The summed E-state index contributed by atoms with van der Waals surface area (Å²) in [6.45, 7) is 1.35. The lowest BCUT2D eigenvalue weighted by molar-refractivity contribution is -0.132. The van der Waals surface area contributed by atoms with Crippen molar-refractivity contribution in [1.82, 2.24) is 24.6 Å². The van der Waals surface area contributed by atoms with Crippen molar-refractivity contribution in [2.45, 2.75) is 19.5 Å². The number of hydrogen-bond donors (Lipinski definition) is 1. The molecule has 2 amide bonds. The van der Waals surface area contributed by atoms with Gasteiger partial charge in [-0.25, -0.2) is 4.98 Å². The average Bonchev–Trinajstić information content (AvgIpc) is 3.30. The van der Waals surface area contributed by atoms with Gasteiger partial charge in [0.25, 0.3) is 5.91 Å². The lowest BCUT2D eigenvalue weighted by Gasteiger charge is -2.26. The summed E-state index contributed by atoms with van der Waals surface area (Å²) in [7, 11) is 0. The number of pyridine rings is 1. The highest BCUT2D eigenvalue weighted by Gasteiger charge is 2.25. The number of thiazole rings is 1. The molecule has 0 saturated heterocycles. The van der Waals surface area contributed by atoms with Crippen LogP contribution in [-0.2, 0) is 24.3 Å². The molecule has 0 spiro atoms. The quantitative estimate of drug-likeness (QED) is 0.755. The van der Waals surface area contributed by atoms with Crippen molar-refractivity contribution in [3.8, 4) is 0 Å². The Morgan fingerprint density at radius 3 is 2.92 bits per heavy atom. The molecule has 3 aromatic heterocycles. The zero-order chi connectivity index (χ0) is 17.9. The third-order valence-electron chi connectivity index (χ3n) is 4.06. The van der Waals surface area contributed by atoms with Gasteiger partial charge in [-0.15, -0.1) is 0 Å². The maximum atomic E-state index is 12.4. The van der Waals surface area contributed by atoms with E-state index in [1.807, 2.05) is 0 Å². The molecule has 1 N–H and O–H groups in total. The molecule has 0 unspecified atom stereocenters. The fourth-order valence-electron chi connectivity index (χ4n) is 2.75. The summed E-state index contributed by atoms with van der Waals surface area (Å²) in [5.74, 6) is -0.268. The fraction of sp³-hybridized carbons (Fsp3) is 0.235. The van der Waals surface area contributed by atoms with Gasteiger partial charge in [0.2, 0.25) is 5.91 Å². The van der Waals surface area contributed by atoms with Gasteiger partial charge in [-0.2, -0.15) is 5.10 Å². The Morgan fingerprint density at radius 1 is 1.23 bits per heavy atom. The predicted molar refractivity (Wildman–Crippen MR) is 95.7 cm³/mol. The second-order valence-electron chi connectivity index (χ2n) is 5.83. The second kappa shape index (κ2) is 7.04. The maximum absolute atomic E-state index is 12.4. The van der Waals surface area contributed by atoms with Crippen LogP contribution in [0.1, 0.15) is 21.1 Å². The van der Waals surface area contributed by atoms with Gasteiger partial charge in [-0.3, -0.25) is 24.6 Å². The summed E-state index contributed by atoms with van der Waals surface area (Å²) in [6, 6.07) is 6.96. The van der Waals surface area contributed by atoms with Crippen LogP contribution in [0.3, 0.4) is 0 Å². The lowest BCUT2D eigenvalue weighted by Crippen LogP contribution is -2.37. The highest BCUT2D eigenvalue weighted by Crippen LogP contribution is 2.28. The van der Waals surface area contributed by atoms with E-state index in [9.17, 15) is 9.59 Å². The summed E-state index contributed by atoms with van der Waals surface area (Å²) < 4.78 is 1.61. The zero-order valence-corrected chi connectivity index (χ0v) is 14.6. The van der Waals surface area contributed by atoms with E-state index in [-0.39, 0.29) is 18.4 Å². The van der Waals surface area contributed by atoms with E-state index in [2.05, 4.69) is 20.4 Å². The molecule has 0 fully saturated rings. The van der Waals surface area contributed by atoms with Crippen molar-refractivity contribution >= 4 is 28.3 Å². The lowest BCUT2D eigenvalue weighted by atomic mass is 10.2. The first-order valence-electron chi connectivity index (χ1n) is 8.15. The average molecular weight is 368 g/mol. The van der Waals surface area contributed by atoms with Crippen LogP contribution >= 0.6 is 11.3 Å². The van der Waals surface area contributed by atoms with Crippen molar-refractivity contribution in [3.05, 3.63) is 59.1 Å². The molecule has 3 aromatic rings. The highest BCUT2D eigenvalue weighted by molar-refractivity contribution is 7.15. The van der Waals surface area contributed by atoms with Gasteiger partial charge in [0.05, 0.1) is 12.2 Å². The fourth-order valence-corrected chi connectivity index (χ4v) is 3.77. The van der Waals surface area contributed by atoms with Gasteiger partial charge in [-0.05, 0) is 18.2 Å². The summed E-state index contributed by atoms with van der Waals surface area (Å²) in [5.41, 5.74) is 1.28. The molecule has 0 bridgehead atoms. The van der Waals surface area contributed by atoms with Crippen molar-refractivity contribution in [2.24, 2.45) is 0 Å². The number of fused-ring (bicyclic) bond motifs is 1. The minimum atomic E-state index is -0.289. The Balaban J connectivity index is 1.42. The Hall–Kier alpha value is -3.07. The smallest absolute Gasteiger partial charge is 0.276 e. The van der Waals surface area contributed by atoms with Crippen molar-refractivity contribution in [2.75, 3.05) is 11.9 Å². The van der Waals surface area contributed by atoms with Gasteiger partial charge in [0.15, 0.2) is 5.13 Å². The van der Waals surface area contributed by atoms with Crippen LogP contribution in [-0.4, -0.2) is 43.0 Å². The molecule has 0 saturated carbocycles. The summed E-state index contributed by atoms with van der Waals surface area (Å²) in [5, 5.41) is 7.39. The molecule has 1 aliphatic heterocycles. The van der Waals surface area contributed by atoms with Crippen LogP contribution < -0.4 is 5.32 Å². The molecule has 0 radical (unpaired) electrons. The maximum Gasteiger partial charge on any atom is 0.276 e. The number of anilines is 1. The number of carbonyl (C=O) groups excluding carboxylic acids is 2. The summed E-state index contributed by atoms with van der Waals surface area (Å²) in [6.07, 6.45) is 5.67. The van der Waals surface area contributed by atoms with E-state index in [0.717, 1.165) is 10.6 Å². The largest absolute Gasteiger partial charge is 0.335 e. The van der Waals surface area contributed by atoms with Crippen molar-refractivity contribution in [3.63, 3.8) is 0 Å². The van der Waals surface area contributed by atoms with Gasteiger partial charge >= 0.3 is 0 Å². The second-order valence-corrected chi connectivity index (χ2v) is 6.91. The first-order valence-corrected chi connectivity index (χ1v) is 8.97. The first kappa shape index (κ1) is 16.4. The normalized spacial score (nSPS) is 13.3. The third kappa shape index (κ3) is 3.47. The summed E-state index contributed by atoms with van der Waals surface area (Å²) >= 11 is 1.40. The Labute approximate surface area is 153 Å². The Morgan fingerprint density at radius 2 is 2.15 bits per heavy atom. The van der Waals surface area contributed by atoms with E-state index in [4.69, 9.17) is 0 Å².